The van der Waals surface area contributed by atoms with Gasteiger partial charge in [-0.25, -0.2) is 0 Å². The molecule has 0 N–H and O–H groups in total. The van der Waals surface area contributed by atoms with Crippen molar-refractivity contribution >= 4 is 34.8 Å². The molecule has 2 aromatic rings. The third-order valence-corrected chi connectivity index (χ3v) is 5.90. The third-order valence-electron chi connectivity index (χ3n) is 5.16. The van der Waals surface area contributed by atoms with Crippen molar-refractivity contribution in [2.45, 2.75) is 58.2 Å². The van der Waals surface area contributed by atoms with Gasteiger partial charge in [-0.3, -0.25) is 9.59 Å². The minimum atomic E-state index is -1.06. The molecular formula is C23H24Cl2O4. The minimum Gasteiger partial charge on any atom is -0.457 e. The molecule has 3 rings (SSSR count). The van der Waals surface area contributed by atoms with Crippen LogP contribution in [-0.2, 0) is 20.7 Å². The summed E-state index contributed by atoms with van der Waals surface area (Å²) in [7, 11) is 0. The van der Waals surface area contributed by atoms with Crippen LogP contribution in [0.25, 0.3) is 0 Å². The zero-order valence-electron chi connectivity index (χ0n) is 17.1. The molecule has 4 nitrogen and oxygen atoms in total. The molecule has 0 spiro atoms. The van der Waals surface area contributed by atoms with Gasteiger partial charge in [-0.1, -0.05) is 36.2 Å². The normalized spacial score (nSPS) is 18.7. The highest BCUT2D eigenvalue weighted by Gasteiger charge is 2.53. The van der Waals surface area contributed by atoms with Crippen LogP contribution in [0, 0.1) is 0 Å². The van der Waals surface area contributed by atoms with E-state index in [-0.39, 0.29) is 11.6 Å². The molecule has 0 amide bonds. The first-order valence-electron chi connectivity index (χ1n) is 9.51. The molecule has 0 saturated carbocycles. The van der Waals surface area contributed by atoms with Crippen molar-refractivity contribution in [2.24, 2.45) is 0 Å². The Kier molecular flexibility index (Phi) is 5.83. The average Bonchev–Trinajstić information content (AvgIpc) is 2.63. The Labute approximate surface area is 181 Å². The molecule has 1 aliphatic heterocycles. The topological polar surface area (TPSA) is 52.6 Å². The Hall–Kier alpha value is -1.88. The van der Waals surface area contributed by atoms with E-state index in [2.05, 4.69) is 0 Å². The van der Waals surface area contributed by atoms with Crippen molar-refractivity contribution in [1.29, 1.82) is 0 Å². The zero-order valence-corrected chi connectivity index (χ0v) is 18.6. The molecule has 1 saturated heterocycles. The number of rotatable bonds is 4. The standard InChI is InChI=1S/C23H24Cl2O4/c1-6-13-7-8-14(28-15-9-10-17(24)18(25)12-15)11-16(13)19-20(26)22(2,3)29-23(4,5)21(19)27/h7-12,19H,6H2,1-5H3. The van der Waals surface area contributed by atoms with Crippen LogP contribution < -0.4 is 4.74 Å². The summed E-state index contributed by atoms with van der Waals surface area (Å²) in [5, 5.41) is 0.816. The molecule has 0 aromatic heterocycles. The van der Waals surface area contributed by atoms with Gasteiger partial charge >= 0.3 is 0 Å². The lowest BCUT2D eigenvalue weighted by Crippen LogP contribution is -2.58. The summed E-state index contributed by atoms with van der Waals surface area (Å²) in [5.74, 6) is -0.370. The van der Waals surface area contributed by atoms with Crippen molar-refractivity contribution < 1.29 is 19.1 Å². The Morgan fingerprint density at radius 1 is 0.897 bits per heavy atom. The highest BCUT2D eigenvalue weighted by atomic mass is 35.5. The van der Waals surface area contributed by atoms with Gasteiger partial charge in [0.2, 0.25) is 0 Å². The van der Waals surface area contributed by atoms with Crippen LogP contribution >= 0.6 is 23.2 Å². The number of aryl methyl sites for hydroxylation is 1. The summed E-state index contributed by atoms with van der Waals surface area (Å²) in [5.41, 5.74) is -0.544. The predicted octanol–water partition coefficient (Wildman–Crippen LogP) is 6.16. The van der Waals surface area contributed by atoms with Crippen molar-refractivity contribution in [1.82, 2.24) is 0 Å². The molecular weight excluding hydrogens is 411 g/mol. The number of carbonyl (C=O) groups is 2. The van der Waals surface area contributed by atoms with E-state index in [4.69, 9.17) is 32.7 Å². The molecule has 1 heterocycles. The number of ketones is 2. The number of hydrogen-bond acceptors (Lipinski definition) is 4. The molecule has 0 atom stereocenters. The van der Waals surface area contributed by atoms with E-state index in [0.29, 0.717) is 33.5 Å². The summed E-state index contributed by atoms with van der Waals surface area (Å²) in [6.07, 6.45) is 0.682. The molecule has 29 heavy (non-hydrogen) atoms. The van der Waals surface area contributed by atoms with Crippen LogP contribution in [0.5, 0.6) is 11.5 Å². The molecule has 0 radical (unpaired) electrons. The van der Waals surface area contributed by atoms with E-state index in [9.17, 15) is 9.59 Å². The van der Waals surface area contributed by atoms with E-state index in [1.807, 2.05) is 19.1 Å². The van der Waals surface area contributed by atoms with Gasteiger partial charge < -0.3 is 9.47 Å². The van der Waals surface area contributed by atoms with Crippen LogP contribution in [0.2, 0.25) is 10.0 Å². The lowest BCUT2D eigenvalue weighted by atomic mass is 9.73. The molecule has 1 aliphatic rings. The molecule has 0 bridgehead atoms. The van der Waals surface area contributed by atoms with Crippen molar-refractivity contribution in [2.75, 3.05) is 0 Å². The fourth-order valence-corrected chi connectivity index (χ4v) is 4.03. The van der Waals surface area contributed by atoms with Gasteiger partial charge in [0.05, 0.1) is 10.0 Å². The summed E-state index contributed by atoms with van der Waals surface area (Å²) in [4.78, 5) is 26.3. The van der Waals surface area contributed by atoms with Crippen LogP contribution in [-0.4, -0.2) is 22.8 Å². The van der Waals surface area contributed by atoms with Crippen LogP contribution in [0.15, 0.2) is 36.4 Å². The number of benzene rings is 2. The maximum atomic E-state index is 13.1. The van der Waals surface area contributed by atoms with Gasteiger partial charge in [0.1, 0.15) is 28.6 Å². The molecule has 0 aliphatic carbocycles. The van der Waals surface area contributed by atoms with E-state index < -0.39 is 17.1 Å². The molecule has 154 valence electrons. The summed E-state index contributed by atoms with van der Waals surface area (Å²) in [6, 6.07) is 10.4. The van der Waals surface area contributed by atoms with Crippen LogP contribution in [0.1, 0.15) is 51.7 Å². The first-order chi connectivity index (χ1) is 13.5. The first kappa shape index (κ1) is 21.8. The summed E-state index contributed by atoms with van der Waals surface area (Å²) < 4.78 is 11.7. The molecule has 6 heteroatoms. The number of carbonyl (C=O) groups excluding carboxylic acids is 2. The van der Waals surface area contributed by atoms with Gasteiger partial charge in [-0.15, -0.1) is 0 Å². The fraction of sp³-hybridized carbons (Fsp3) is 0.391. The van der Waals surface area contributed by atoms with Gasteiger partial charge in [-0.05, 0) is 69.5 Å². The number of halogens is 2. The van der Waals surface area contributed by atoms with Gasteiger partial charge in [0.25, 0.3) is 0 Å². The monoisotopic (exact) mass is 434 g/mol. The van der Waals surface area contributed by atoms with Crippen molar-refractivity contribution in [3.05, 3.63) is 57.6 Å². The number of Topliss-reactive ketones (excluding diaryl/α,β-unsaturated/α-hetero) is 2. The Morgan fingerprint density at radius 3 is 2.00 bits per heavy atom. The number of ether oxygens (including phenoxy) is 2. The maximum Gasteiger partial charge on any atom is 0.179 e. The largest absolute Gasteiger partial charge is 0.457 e. The SMILES string of the molecule is CCc1ccc(Oc2ccc(Cl)c(Cl)c2)cc1C1C(=O)C(C)(C)OC(C)(C)C1=O. The zero-order chi connectivity index (χ0) is 21.6. The Balaban J connectivity index is 2.05. The Bertz CT molecular complexity index is 953. The first-order valence-corrected chi connectivity index (χ1v) is 10.3. The van der Waals surface area contributed by atoms with E-state index in [1.54, 1.807) is 52.0 Å². The molecule has 1 fully saturated rings. The fourth-order valence-electron chi connectivity index (χ4n) is 3.74. The van der Waals surface area contributed by atoms with E-state index in [1.165, 1.54) is 0 Å². The predicted molar refractivity (Wildman–Crippen MR) is 114 cm³/mol. The quantitative estimate of drug-likeness (QED) is 0.540. The smallest absolute Gasteiger partial charge is 0.179 e. The summed E-state index contributed by atoms with van der Waals surface area (Å²) >= 11 is 12.0. The van der Waals surface area contributed by atoms with Crippen molar-refractivity contribution in [3.63, 3.8) is 0 Å². The maximum absolute atomic E-state index is 13.1. The van der Waals surface area contributed by atoms with Gasteiger partial charge in [-0.2, -0.15) is 0 Å². The molecule has 0 unspecified atom stereocenters. The lowest BCUT2D eigenvalue weighted by molar-refractivity contribution is -0.184. The van der Waals surface area contributed by atoms with Crippen molar-refractivity contribution in [3.8, 4) is 11.5 Å². The van der Waals surface area contributed by atoms with Crippen LogP contribution in [0.3, 0.4) is 0 Å². The number of hydrogen-bond donors (Lipinski definition) is 0. The second kappa shape index (κ2) is 7.75. The minimum absolute atomic E-state index is 0.247. The summed E-state index contributed by atoms with van der Waals surface area (Å²) in [6.45, 7) is 8.82. The lowest BCUT2D eigenvalue weighted by Gasteiger charge is -2.43. The second-order valence-corrected chi connectivity index (χ2v) is 8.99. The second-order valence-electron chi connectivity index (χ2n) is 8.18. The van der Waals surface area contributed by atoms with Gasteiger partial charge in [0, 0.05) is 6.07 Å². The van der Waals surface area contributed by atoms with Gasteiger partial charge in [0.15, 0.2) is 11.6 Å². The highest BCUT2D eigenvalue weighted by Crippen LogP contribution is 2.41. The molecule has 2 aromatic carbocycles. The third kappa shape index (κ3) is 4.20. The van der Waals surface area contributed by atoms with Crippen LogP contribution in [0.4, 0.5) is 0 Å². The Morgan fingerprint density at radius 2 is 1.45 bits per heavy atom. The highest BCUT2D eigenvalue weighted by molar-refractivity contribution is 6.42. The average molecular weight is 435 g/mol. The van der Waals surface area contributed by atoms with E-state index in [0.717, 1.165) is 5.56 Å². The van der Waals surface area contributed by atoms with E-state index >= 15 is 0 Å².